The predicted molar refractivity (Wildman–Crippen MR) is 70.0 cm³/mol. The number of hydrogen-bond donors (Lipinski definition) is 1. The molecule has 1 aromatic heterocycles. The highest BCUT2D eigenvalue weighted by Gasteiger charge is 2.32. The summed E-state index contributed by atoms with van der Waals surface area (Å²) < 4.78 is 46.1. The van der Waals surface area contributed by atoms with Gasteiger partial charge in [-0.25, -0.2) is 18.5 Å². The Labute approximate surface area is 110 Å². The van der Waals surface area contributed by atoms with Crippen molar-refractivity contribution in [2.45, 2.75) is 5.03 Å². The van der Waals surface area contributed by atoms with Crippen molar-refractivity contribution < 1.29 is 16.8 Å². The summed E-state index contributed by atoms with van der Waals surface area (Å²) in [6.45, 7) is 0. The highest BCUT2D eigenvalue weighted by molar-refractivity contribution is 8.66. The fraction of sp³-hybridized carbons (Fsp3) is 0. The zero-order chi connectivity index (χ0) is 14.1. The van der Waals surface area contributed by atoms with Gasteiger partial charge < -0.3 is 0 Å². The molecule has 1 aromatic carbocycles. The lowest BCUT2D eigenvalue weighted by Gasteiger charge is -2.07. The molecule has 2 rings (SSSR count). The van der Waals surface area contributed by atoms with Crippen LogP contribution in [-0.2, 0) is 17.9 Å². The van der Waals surface area contributed by atoms with Gasteiger partial charge >= 0.3 is 17.9 Å². The van der Waals surface area contributed by atoms with E-state index in [1.54, 1.807) is 30.3 Å². The zero-order valence-corrected chi connectivity index (χ0v) is 11.2. The quantitative estimate of drug-likeness (QED) is 0.840. The molecule has 100 valence electrons. The summed E-state index contributed by atoms with van der Waals surface area (Å²) in [6, 6.07) is 11.5. The van der Waals surface area contributed by atoms with Crippen LogP contribution < -0.4 is 5.14 Å². The molecule has 6 nitrogen and oxygen atoms in total. The van der Waals surface area contributed by atoms with Crippen molar-refractivity contribution in [3.8, 4) is 11.1 Å². The highest BCUT2D eigenvalue weighted by atomic mass is 33.2. The molecule has 0 spiro atoms. The van der Waals surface area contributed by atoms with Crippen LogP contribution >= 0.6 is 0 Å². The first-order valence-corrected chi connectivity index (χ1v) is 8.67. The van der Waals surface area contributed by atoms with Gasteiger partial charge in [0.15, 0.2) is 5.03 Å². The van der Waals surface area contributed by atoms with Crippen molar-refractivity contribution in [3.05, 3.63) is 48.7 Å². The third kappa shape index (κ3) is 2.50. The average Bonchev–Trinajstić information content (AvgIpc) is 2.38. The number of nitrogens with two attached hydrogens (primary N) is 1. The molecule has 0 saturated carbocycles. The largest absolute Gasteiger partial charge is 0.320 e. The molecule has 0 unspecified atom stereocenters. The van der Waals surface area contributed by atoms with Crippen LogP contribution in [0.3, 0.4) is 0 Å². The molecule has 8 heteroatoms. The minimum Gasteiger partial charge on any atom is -0.243 e. The summed E-state index contributed by atoms with van der Waals surface area (Å²) in [5.41, 5.74) is 0.731. The second-order valence-electron chi connectivity index (χ2n) is 3.67. The summed E-state index contributed by atoms with van der Waals surface area (Å²) in [5.74, 6) is 0. The first kappa shape index (κ1) is 13.7. The second-order valence-corrected chi connectivity index (χ2v) is 8.66. The van der Waals surface area contributed by atoms with E-state index in [1.165, 1.54) is 18.3 Å². The average molecular weight is 298 g/mol. The van der Waals surface area contributed by atoms with Crippen molar-refractivity contribution in [2.75, 3.05) is 0 Å². The fourth-order valence-electron chi connectivity index (χ4n) is 1.54. The van der Waals surface area contributed by atoms with E-state index in [0.29, 0.717) is 5.56 Å². The Morgan fingerprint density at radius 3 is 2.11 bits per heavy atom. The van der Waals surface area contributed by atoms with E-state index in [-0.39, 0.29) is 5.56 Å². The Balaban J connectivity index is 2.76. The van der Waals surface area contributed by atoms with Gasteiger partial charge in [0.25, 0.3) is 0 Å². The van der Waals surface area contributed by atoms with Crippen molar-refractivity contribution in [3.63, 3.8) is 0 Å². The number of rotatable bonds is 3. The van der Waals surface area contributed by atoms with E-state index in [4.69, 9.17) is 5.14 Å². The van der Waals surface area contributed by atoms with Crippen LogP contribution in [0, 0.1) is 0 Å². The zero-order valence-electron chi connectivity index (χ0n) is 9.59. The first-order valence-electron chi connectivity index (χ1n) is 5.12. The van der Waals surface area contributed by atoms with E-state index in [0.717, 1.165) is 0 Å². The van der Waals surface area contributed by atoms with Gasteiger partial charge in [-0.2, -0.15) is 8.42 Å². The molecule has 0 fully saturated rings. The Hall–Kier alpha value is -1.77. The molecule has 19 heavy (non-hydrogen) atoms. The predicted octanol–water partition coefficient (Wildman–Crippen LogP) is 0.726. The van der Waals surface area contributed by atoms with Gasteiger partial charge in [0.05, 0.1) is 0 Å². The van der Waals surface area contributed by atoms with E-state index in [9.17, 15) is 16.8 Å². The Kier molecular flexibility index (Phi) is 3.40. The van der Waals surface area contributed by atoms with Gasteiger partial charge in [-0.3, -0.25) is 0 Å². The first-order chi connectivity index (χ1) is 8.84. The second kappa shape index (κ2) is 4.72. The third-order valence-corrected chi connectivity index (χ3v) is 6.12. The van der Waals surface area contributed by atoms with Crippen molar-refractivity contribution in [1.29, 1.82) is 0 Å². The van der Waals surface area contributed by atoms with Crippen molar-refractivity contribution in [2.24, 2.45) is 5.14 Å². The van der Waals surface area contributed by atoms with Crippen LogP contribution in [0.4, 0.5) is 0 Å². The number of nitrogens with zero attached hydrogens (tertiary/aromatic N) is 1. The molecule has 0 saturated heterocycles. The summed E-state index contributed by atoms with van der Waals surface area (Å²) >= 11 is 0. The number of hydrogen-bond acceptors (Lipinski definition) is 5. The minimum atomic E-state index is -4.78. The smallest absolute Gasteiger partial charge is 0.243 e. The summed E-state index contributed by atoms with van der Waals surface area (Å²) in [6.07, 6.45) is 1.20. The molecule has 0 aliphatic carbocycles. The Bertz CT molecular complexity index is 800. The highest BCUT2D eigenvalue weighted by Crippen LogP contribution is 2.27. The van der Waals surface area contributed by atoms with Crippen LogP contribution in [0.25, 0.3) is 11.1 Å². The summed E-state index contributed by atoms with van der Waals surface area (Å²) in [7, 11) is -9.49. The lowest BCUT2D eigenvalue weighted by Crippen LogP contribution is -2.25. The van der Waals surface area contributed by atoms with Crippen molar-refractivity contribution >= 4 is 17.9 Å². The molecular formula is C11H10N2O4S2. The van der Waals surface area contributed by atoms with Crippen LogP contribution in [0.15, 0.2) is 53.7 Å². The molecular weight excluding hydrogens is 288 g/mol. The molecule has 0 amide bonds. The number of aromatic nitrogens is 1. The molecule has 0 aliphatic heterocycles. The third-order valence-electron chi connectivity index (χ3n) is 2.40. The van der Waals surface area contributed by atoms with E-state index >= 15 is 0 Å². The molecule has 0 atom stereocenters. The molecule has 1 heterocycles. The summed E-state index contributed by atoms with van der Waals surface area (Å²) in [4.78, 5) is 3.65. The van der Waals surface area contributed by atoms with Crippen LogP contribution in [0.1, 0.15) is 0 Å². The minimum absolute atomic E-state index is 0.192. The van der Waals surface area contributed by atoms with Crippen LogP contribution in [0.5, 0.6) is 0 Å². The van der Waals surface area contributed by atoms with Gasteiger partial charge in [0.2, 0.25) is 0 Å². The van der Waals surface area contributed by atoms with Gasteiger partial charge in [-0.15, -0.1) is 0 Å². The lowest BCUT2D eigenvalue weighted by atomic mass is 10.1. The maximum atomic E-state index is 11.9. The molecule has 2 aromatic rings. The Morgan fingerprint density at radius 1 is 0.895 bits per heavy atom. The van der Waals surface area contributed by atoms with Gasteiger partial charge in [0, 0.05) is 11.8 Å². The molecule has 2 N–H and O–H groups in total. The SMILES string of the molecule is NS(=O)(=O)S(=O)(=O)c1ncccc1-c1ccccc1. The van der Waals surface area contributed by atoms with Gasteiger partial charge in [0.1, 0.15) is 0 Å². The fourth-order valence-corrected chi connectivity index (χ4v) is 3.46. The van der Waals surface area contributed by atoms with Crippen molar-refractivity contribution in [1.82, 2.24) is 4.98 Å². The van der Waals surface area contributed by atoms with E-state index in [2.05, 4.69) is 4.98 Å². The summed E-state index contributed by atoms with van der Waals surface area (Å²) in [5, 5.41) is 4.17. The normalized spacial score (nSPS) is 12.3. The van der Waals surface area contributed by atoms with Gasteiger partial charge in [-0.05, 0) is 17.7 Å². The van der Waals surface area contributed by atoms with E-state index in [1.807, 2.05) is 0 Å². The van der Waals surface area contributed by atoms with E-state index < -0.39 is 23.0 Å². The lowest BCUT2D eigenvalue weighted by molar-refractivity contribution is 0.581. The maximum absolute atomic E-state index is 11.9. The van der Waals surface area contributed by atoms with Crippen LogP contribution in [0.2, 0.25) is 0 Å². The standard InChI is InChI=1S/C11H10N2O4S2/c12-19(16,17)18(14,15)11-10(7-4-8-13-11)9-5-2-1-3-6-9/h1-8H,(H2,12,16,17). The van der Waals surface area contributed by atoms with Crippen LogP contribution in [-0.4, -0.2) is 21.8 Å². The topological polar surface area (TPSA) is 107 Å². The maximum Gasteiger partial charge on any atom is 0.320 e. The molecule has 0 radical (unpaired) electrons. The molecule has 0 aliphatic rings. The number of benzene rings is 1. The number of pyridine rings is 1. The Morgan fingerprint density at radius 2 is 1.53 bits per heavy atom. The molecule has 0 bridgehead atoms. The monoisotopic (exact) mass is 298 g/mol. The van der Waals surface area contributed by atoms with Gasteiger partial charge in [-0.1, -0.05) is 30.3 Å².